The topological polar surface area (TPSA) is 121 Å². The van der Waals surface area contributed by atoms with Crippen molar-refractivity contribution < 1.29 is 19.5 Å². The van der Waals surface area contributed by atoms with Gasteiger partial charge >= 0.3 is 5.97 Å². The zero-order valence-electron chi connectivity index (χ0n) is 14.6. The van der Waals surface area contributed by atoms with E-state index in [0.717, 1.165) is 22.1 Å². The maximum atomic E-state index is 12.4. The number of anilines is 2. The number of nitrogens with zero attached hydrogens (tertiary/aromatic N) is 2. The van der Waals surface area contributed by atoms with Gasteiger partial charge in [0.05, 0.1) is 5.25 Å². The molecule has 142 valence electrons. The van der Waals surface area contributed by atoms with Crippen molar-refractivity contribution in [3.8, 4) is 0 Å². The van der Waals surface area contributed by atoms with E-state index in [-0.39, 0.29) is 11.2 Å². The Morgan fingerprint density at radius 3 is 2.67 bits per heavy atom. The minimum Gasteiger partial charge on any atom is -0.478 e. The summed E-state index contributed by atoms with van der Waals surface area (Å²) in [6.07, 6.45) is 2.31. The maximum Gasteiger partial charge on any atom is 0.328 e. The van der Waals surface area contributed by atoms with Crippen LogP contribution in [0.3, 0.4) is 0 Å². The summed E-state index contributed by atoms with van der Waals surface area (Å²) >= 11 is 2.67. The zero-order valence-corrected chi connectivity index (χ0v) is 16.3. The van der Waals surface area contributed by atoms with Crippen molar-refractivity contribution in [2.24, 2.45) is 0 Å². The number of carbonyl (C=O) groups is 3. The van der Waals surface area contributed by atoms with Crippen LogP contribution in [0.15, 0.2) is 41.3 Å². The van der Waals surface area contributed by atoms with E-state index in [0.29, 0.717) is 17.2 Å². The van der Waals surface area contributed by atoms with Gasteiger partial charge in [0.2, 0.25) is 16.9 Å². The number of carboxylic acid groups (broad SMARTS) is 1. The van der Waals surface area contributed by atoms with Crippen LogP contribution >= 0.6 is 23.1 Å². The summed E-state index contributed by atoms with van der Waals surface area (Å²) in [5.74, 6) is -1.91. The molecule has 2 aromatic rings. The van der Waals surface area contributed by atoms with E-state index in [9.17, 15) is 14.4 Å². The largest absolute Gasteiger partial charge is 0.478 e. The molecule has 1 unspecified atom stereocenters. The van der Waals surface area contributed by atoms with Crippen LogP contribution in [0.1, 0.15) is 18.4 Å². The SMILES string of the molecule is CCC(Sc1cccc(NC(=O)/C=C/C(=O)O)c1)C(=O)Nc1nnc(C)s1. The molecule has 2 rings (SSSR count). The molecule has 1 aromatic carbocycles. The monoisotopic (exact) mass is 406 g/mol. The van der Waals surface area contributed by atoms with Crippen LogP contribution in [0.25, 0.3) is 0 Å². The van der Waals surface area contributed by atoms with Crippen molar-refractivity contribution in [3.63, 3.8) is 0 Å². The highest BCUT2D eigenvalue weighted by Gasteiger charge is 2.19. The average Bonchev–Trinajstić information content (AvgIpc) is 3.03. The summed E-state index contributed by atoms with van der Waals surface area (Å²) in [6, 6.07) is 6.99. The molecule has 27 heavy (non-hydrogen) atoms. The standard InChI is InChI=1S/C17H18N4O4S2/c1-3-13(16(25)19-17-21-20-10(2)26-17)27-12-6-4-5-11(9-12)18-14(22)7-8-15(23)24/h4-9,13H,3H2,1-2H3,(H,18,22)(H,23,24)(H,19,21,25)/b8-7+. The van der Waals surface area contributed by atoms with Gasteiger partial charge in [-0.1, -0.05) is 24.3 Å². The van der Waals surface area contributed by atoms with Crippen LogP contribution in [0, 0.1) is 6.92 Å². The molecule has 0 aliphatic rings. The summed E-state index contributed by atoms with van der Waals surface area (Å²) < 4.78 is 0. The second kappa shape index (κ2) is 9.83. The van der Waals surface area contributed by atoms with Gasteiger partial charge in [0.25, 0.3) is 0 Å². The molecule has 1 atom stereocenters. The summed E-state index contributed by atoms with van der Waals surface area (Å²) in [4.78, 5) is 35.4. The van der Waals surface area contributed by atoms with Crippen molar-refractivity contribution in [2.75, 3.05) is 10.6 Å². The fourth-order valence-electron chi connectivity index (χ4n) is 2.00. The summed E-state index contributed by atoms with van der Waals surface area (Å²) in [6.45, 7) is 3.72. The van der Waals surface area contributed by atoms with Crippen LogP contribution < -0.4 is 10.6 Å². The molecule has 0 aliphatic carbocycles. The van der Waals surface area contributed by atoms with Gasteiger partial charge in [-0.2, -0.15) is 0 Å². The number of rotatable bonds is 8. The first-order valence-electron chi connectivity index (χ1n) is 7.97. The van der Waals surface area contributed by atoms with E-state index < -0.39 is 11.9 Å². The lowest BCUT2D eigenvalue weighted by atomic mass is 10.3. The van der Waals surface area contributed by atoms with E-state index in [4.69, 9.17) is 5.11 Å². The van der Waals surface area contributed by atoms with Crippen molar-refractivity contribution in [3.05, 3.63) is 41.4 Å². The third-order valence-corrected chi connectivity index (χ3v) is 5.29. The number of aryl methyl sites for hydroxylation is 1. The Bertz CT molecular complexity index is 866. The molecule has 1 aromatic heterocycles. The molecule has 2 amide bonds. The van der Waals surface area contributed by atoms with E-state index in [1.165, 1.54) is 23.1 Å². The van der Waals surface area contributed by atoms with E-state index in [1.807, 2.05) is 19.9 Å². The van der Waals surface area contributed by atoms with Crippen molar-refractivity contribution in [1.82, 2.24) is 10.2 Å². The van der Waals surface area contributed by atoms with Crippen LogP contribution in [-0.4, -0.2) is 38.3 Å². The highest BCUT2D eigenvalue weighted by Crippen LogP contribution is 2.29. The number of hydrogen-bond donors (Lipinski definition) is 3. The molecule has 1 heterocycles. The number of hydrogen-bond acceptors (Lipinski definition) is 7. The van der Waals surface area contributed by atoms with Gasteiger partial charge in [0.1, 0.15) is 5.01 Å². The molecule has 10 heteroatoms. The van der Waals surface area contributed by atoms with Crippen LogP contribution in [-0.2, 0) is 14.4 Å². The molecular weight excluding hydrogens is 388 g/mol. The third-order valence-electron chi connectivity index (χ3n) is 3.18. The van der Waals surface area contributed by atoms with Gasteiger partial charge in [-0.15, -0.1) is 22.0 Å². The Morgan fingerprint density at radius 1 is 1.26 bits per heavy atom. The first-order chi connectivity index (χ1) is 12.9. The molecule has 0 radical (unpaired) electrons. The average molecular weight is 406 g/mol. The van der Waals surface area contributed by atoms with E-state index in [1.54, 1.807) is 18.2 Å². The maximum absolute atomic E-state index is 12.4. The Balaban J connectivity index is 2.01. The number of amides is 2. The van der Waals surface area contributed by atoms with Crippen molar-refractivity contribution >= 4 is 51.7 Å². The Kier molecular flexibility index (Phi) is 7.50. The lowest BCUT2D eigenvalue weighted by Crippen LogP contribution is -2.24. The summed E-state index contributed by atoms with van der Waals surface area (Å²) in [7, 11) is 0. The smallest absolute Gasteiger partial charge is 0.328 e. The number of carbonyl (C=O) groups excluding carboxylic acids is 2. The highest BCUT2D eigenvalue weighted by molar-refractivity contribution is 8.00. The Hall–Kier alpha value is -2.72. The van der Waals surface area contributed by atoms with Gasteiger partial charge in [-0.05, 0) is 31.5 Å². The number of benzene rings is 1. The number of thioether (sulfide) groups is 1. The van der Waals surface area contributed by atoms with Crippen LogP contribution in [0.2, 0.25) is 0 Å². The van der Waals surface area contributed by atoms with E-state index >= 15 is 0 Å². The van der Waals surface area contributed by atoms with Gasteiger partial charge in [0, 0.05) is 22.7 Å². The Morgan fingerprint density at radius 2 is 2.04 bits per heavy atom. The fraction of sp³-hybridized carbons (Fsp3) is 0.235. The second-order valence-electron chi connectivity index (χ2n) is 5.32. The van der Waals surface area contributed by atoms with Crippen LogP contribution in [0.4, 0.5) is 10.8 Å². The number of nitrogens with one attached hydrogen (secondary N) is 2. The number of aliphatic carboxylic acids is 1. The molecule has 0 fully saturated rings. The molecular formula is C17H18N4O4S2. The molecule has 8 nitrogen and oxygen atoms in total. The fourth-order valence-corrected chi connectivity index (χ4v) is 3.61. The van der Waals surface area contributed by atoms with Gasteiger partial charge < -0.3 is 10.4 Å². The predicted octanol–water partition coefficient (Wildman–Crippen LogP) is 2.94. The number of aromatic nitrogens is 2. The molecule has 0 aliphatic heterocycles. The van der Waals surface area contributed by atoms with Crippen molar-refractivity contribution in [2.45, 2.75) is 30.4 Å². The minimum absolute atomic E-state index is 0.169. The van der Waals surface area contributed by atoms with E-state index in [2.05, 4.69) is 20.8 Å². The van der Waals surface area contributed by atoms with Crippen molar-refractivity contribution in [1.29, 1.82) is 0 Å². The Labute approximate surface area is 164 Å². The number of carboxylic acids is 1. The molecule has 0 saturated heterocycles. The first-order valence-corrected chi connectivity index (χ1v) is 9.66. The third kappa shape index (κ3) is 6.83. The van der Waals surface area contributed by atoms with Gasteiger partial charge in [-0.3, -0.25) is 14.9 Å². The lowest BCUT2D eigenvalue weighted by Gasteiger charge is -2.14. The summed E-state index contributed by atoms with van der Waals surface area (Å²) in [5, 5.41) is 22.5. The minimum atomic E-state index is -1.20. The highest BCUT2D eigenvalue weighted by atomic mass is 32.2. The predicted molar refractivity (Wildman–Crippen MR) is 105 cm³/mol. The zero-order chi connectivity index (χ0) is 19.8. The van der Waals surface area contributed by atoms with Gasteiger partial charge in [-0.25, -0.2) is 4.79 Å². The molecule has 0 spiro atoms. The summed E-state index contributed by atoms with van der Waals surface area (Å²) in [5.41, 5.74) is 0.509. The lowest BCUT2D eigenvalue weighted by molar-refractivity contribution is -0.131. The molecule has 0 bridgehead atoms. The second-order valence-corrected chi connectivity index (χ2v) is 7.78. The molecule has 3 N–H and O–H groups in total. The van der Waals surface area contributed by atoms with Crippen LogP contribution in [0.5, 0.6) is 0 Å². The van der Waals surface area contributed by atoms with Gasteiger partial charge in [0.15, 0.2) is 0 Å². The quantitative estimate of drug-likeness (QED) is 0.455. The first kappa shape index (κ1) is 20.6. The molecule has 0 saturated carbocycles. The normalized spacial score (nSPS) is 11.9.